The van der Waals surface area contributed by atoms with Gasteiger partial charge in [0.05, 0.1) is 0 Å². The normalized spacial score (nSPS) is 12.1. The number of hydrogen-bond acceptors (Lipinski definition) is 0. The first-order valence-corrected chi connectivity index (χ1v) is 4.76. The van der Waals surface area contributed by atoms with Gasteiger partial charge in [0, 0.05) is 4.43 Å². The first kappa shape index (κ1) is 8.20. The van der Waals surface area contributed by atoms with E-state index in [1.54, 1.807) is 0 Å². The van der Waals surface area contributed by atoms with Gasteiger partial charge < -0.3 is 0 Å². The Balaban J connectivity index is 3.08. The van der Waals surface area contributed by atoms with E-state index in [9.17, 15) is 0 Å². The van der Waals surface area contributed by atoms with Gasteiger partial charge in [-0.25, -0.2) is 0 Å². The lowest BCUT2D eigenvalue weighted by Gasteiger charge is -1.82. The molecule has 0 saturated heterocycles. The number of rotatable bonds is 2. The third-order valence-electron chi connectivity index (χ3n) is 0.535. The fourth-order valence-electron chi connectivity index (χ4n) is 0.253. The Hall–Kier alpha value is 1.20. The van der Waals surface area contributed by atoms with Crippen molar-refractivity contribution in [3.8, 4) is 0 Å². The van der Waals surface area contributed by atoms with Crippen LogP contribution in [0.5, 0.6) is 0 Å². The molecule has 0 N–H and O–H groups in total. The van der Waals surface area contributed by atoms with Crippen LogP contribution < -0.4 is 0 Å². The van der Waals surface area contributed by atoms with Gasteiger partial charge in [0.2, 0.25) is 0 Å². The minimum absolute atomic E-state index is 1.22. The van der Waals surface area contributed by atoms with Gasteiger partial charge in [0.15, 0.2) is 0 Å². The molecule has 0 amide bonds. The second kappa shape index (κ2) is 5.34. The predicted molar refractivity (Wildman–Crippen MR) is 51.3 cm³/mol. The molecule has 7 heavy (non-hydrogen) atoms. The van der Waals surface area contributed by atoms with Crippen molar-refractivity contribution in [2.24, 2.45) is 0 Å². The summed E-state index contributed by atoms with van der Waals surface area (Å²) in [7, 11) is 0. The van der Waals surface area contributed by atoms with E-state index in [1.165, 1.54) is 14.4 Å². The molecule has 0 aliphatic carbocycles. The zero-order chi connectivity index (χ0) is 5.70. The highest BCUT2D eigenvalue weighted by Crippen LogP contribution is 2.04. The molecule has 0 aliphatic heterocycles. The van der Waals surface area contributed by atoms with Crippen LogP contribution in [0.3, 0.4) is 0 Å². The Morgan fingerprint density at radius 1 is 1.71 bits per heavy atom. The van der Waals surface area contributed by atoms with Crippen LogP contribution in [0.15, 0.2) is 9.66 Å². The molecule has 0 radical (unpaired) electrons. The SMILES string of the molecule is C/C(I)=C\CCI. The van der Waals surface area contributed by atoms with Crippen LogP contribution in [0.1, 0.15) is 13.3 Å². The van der Waals surface area contributed by atoms with Crippen molar-refractivity contribution in [3.63, 3.8) is 0 Å². The van der Waals surface area contributed by atoms with Crippen LogP contribution in [0.25, 0.3) is 0 Å². The molecule has 0 heterocycles. The fourth-order valence-corrected chi connectivity index (χ4v) is 0.876. The molecule has 0 unspecified atom stereocenters. The lowest BCUT2D eigenvalue weighted by atomic mass is 10.4. The lowest BCUT2D eigenvalue weighted by molar-refractivity contribution is 1.26. The molecule has 0 spiro atoms. The Labute approximate surface area is 72.0 Å². The molecular weight excluding hydrogens is 314 g/mol. The number of halogens is 2. The molecular formula is C5H8I2. The van der Waals surface area contributed by atoms with Crippen molar-refractivity contribution >= 4 is 45.2 Å². The number of allylic oxidation sites excluding steroid dienone is 2. The molecule has 0 aromatic carbocycles. The second-order valence-electron chi connectivity index (χ2n) is 1.27. The van der Waals surface area contributed by atoms with E-state index in [2.05, 4.69) is 58.2 Å². The smallest absolute Gasteiger partial charge is 0.00302 e. The molecule has 2 heteroatoms. The molecule has 0 atom stereocenters. The van der Waals surface area contributed by atoms with Crippen LogP contribution >= 0.6 is 45.2 Å². The molecule has 0 aromatic heterocycles. The molecule has 0 bridgehead atoms. The molecule has 0 saturated carbocycles. The van der Waals surface area contributed by atoms with Crippen molar-refractivity contribution in [2.45, 2.75) is 13.3 Å². The minimum atomic E-state index is 1.22. The summed E-state index contributed by atoms with van der Waals surface area (Å²) in [5, 5.41) is 0. The van der Waals surface area contributed by atoms with E-state index >= 15 is 0 Å². The summed E-state index contributed by atoms with van der Waals surface area (Å²) in [6, 6.07) is 0. The van der Waals surface area contributed by atoms with Gasteiger partial charge in [-0.3, -0.25) is 0 Å². The highest BCUT2D eigenvalue weighted by Gasteiger charge is 1.75. The Kier molecular flexibility index (Phi) is 6.25. The molecule has 0 aliphatic rings. The Morgan fingerprint density at radius 3 is 2.43 bits per heavy atom. The van der Waals surface area contributed by atoms with Gasteiger partial charge in [-0.15, -0.1) is 0 Å². The molecule has 0 nitrogen and oxygen atoms in total. The van der Waals surface area contributed by atoms with Crippen molar-refractivity contribution in [2.75, 3.05) is 4.43 Å². The van der Waals surface area contributed by atoms with Crippen LogP contribution in [0, 0.1) is 0 Å². The van der Waals surface area contributed by atoms with E-state index in [-0.39, 0.29) is 0 Å². The topological polar surface area (TPSA) is 0 Å². The molecule has 0 rings (SSSR count). The van der Waals surface area contributed by atoms with E-state index in [4.69, 9.17) is 0 Å². The zero-order valence-electron chi connectivity index (χ0n) is 4.25. The standard InChI is InChI=1S/C5H8I2/c1-5(7)3-2-4-6/h3H,2,4H2,1H3/b5-3+. The van der Waals surface area contributed by atoms with Gasteiger partial charge in [-0.05, 0) is 39.5 Å². The maximum Gasteiger partial charge on any atom is 0.00302 e. The van der Waals surface area contributed by atoms with Gasteiger partial charge in [-0.1, -0.05) is 28.7 Å². The summed E-state index contributed by atoms with van der Waals surface area (Å²) in [4.78, 5) is 0. The third-order valence-corrected chi connectivity index (χ3v) is 1.60. The molecule has 0 fully saturated rings. The monoisotopic (exact) mass is 322 g/mol. The average Bonchev–Trinajstić information content (AvgIpc) is 1.61. The van der Waals surface area contributed by atoms with Crippen molar-refractivity contribution in [1.82, 2.24) is 0 Å². The second-order valence-corrected chi connectivity index (χ2v) is 4.05. The summed E-state index contributed by atoms with van der Waals surface area (Å²) < 4.78 is 2.63. The maximum atomic E-state index is 2.37. The van der Waals surface area contributed by atoms with E-state index in [1.807, 2.05) is 0 Å². The molecule has 42 valence electrons. The third kappa shape index (κ3) is 7.20. The minimum Gasteiger partial charge on any atom is -0.0860 e. The highest BCUT2D eigenvalue weighted by atomic mass is 127. The lowest BCUT2D eigenvalue weighted by Crippen LogP contribution is -1.64. The highest BCUT2D eigenvalue weighted by molar-refractivity contribution is 14.1. The Morgan fingerprint density at radius 2 is 2.29 bits per heavy atom. The zero-order valence-corrected chi connectivity index (χ0v) is 8.56. The molecule has 0 aromatic rings. The van der Waals surface area contributed by atoms with Crippen molar-refractivity contribution in [1.29, 1.82) is 0 Å². The summed E-state index contributed by atoms with van der Waals surface area (Å²) >= 11 is 4.70. The fraction of sp³-hybridized carbons (Fsp3) is 0.600. The van der Waals surface area contributed by atoms with Crippen LogP contribution in [0.4, 0.5) is 0 Å². The predicted octanol–water partition coefficient (Wildman–Crippen LogP) is 3.15. The van der Waals surface area contributed by atoms with Gasteiger partial charge >= 0.3 is 0 Å². The van der Waals surface area contributed by atoms with E-state index < -0.39 is 0 Å². The van der Waals surface area contributed by atoms with Crippen LogP contribution in [-0.2, 0) is 0 Å². The van der Waals surface area contributed by atoms with E-state index in [0.29, 0.717) is 0 Å². The van der Waals surface area contributed by atoms with Crippen LogP contribution in [0.2, 0.25) is 0 Å². The number of hydrogen-bond donors (Lipinski definition) is 0. The van der Waals surface area contributed by atoms with Gasteiger partial charge in [-0.2, -0.15) is 0 Å². The van der Waals surface area contributed by atoms with Crippen LogP contribution in [-0.4, -0.2) is 4.43 Å². The average molecular weight is 322 g/mol. The largest absolute Gasteiger partial charge is 0.0860 e. The van der Waals surface area contributed by atoms with Gasteiger partial charge in [0.25, 0.3) is 0 Å². The number of alkyl halides is 1. The van der Waals surface area contributed by atoms with Crippen molar-refractivity contribution in [3.05, 3.63) is 9.66 Å². The summed E-state index contributed by atoms with van der Waals surface area (Å²) in [5.74, 6) is 0. The quantitative estimate of drug-likeness (QED) is 0.541. The summed E-state index contributed by atoms with van der Waals surface area (Å²) in [6.07, 6.45) is 3.46. The van der Waals surface area contributed by atoms with Gasteiger partial charge in [0.1, 0.15) is 0 Å². The summed E-state index contributed by atoms with van der Waals surface area (Å²) in [5.41, 5.74) is 0. The first-order chi connectivity index (χ1) is 3.27. The van der Waals surface area contributed by atoms with E-state index in [0.717, 1.165) is 0 Å². The summed E-state index contributed by atoms with van der Waals surface area (Å²) in [6.45, 7) is 2.12. The maximum absolute atomic E-state index is 2.37. The Bertz CT molecular complexity index is 62.5. The first-order valence-electron chi connectivity index (χ1n) is 2.15. The van der Waals surface area contributed by atoms with Crippen molar-refractivity contribution < 1.29 is 0 Å².